The quantitative estimate of drug-likeness (QED) is 0.441. The van der Waals surface area contributed by atoms with Crippen molar-refractivity contribution < 1.29 is 22.7 Å². The number of allylic oxidation sites excluding steroid dienone is 1. The Hall–Kier alpha value is -2.64. The van der Waals surface area contributed by atoms with Gasteiger partial charge in [-0.3, -0.25) is 9.10 Å². The summed E-state index contributed by atoms with van der Waals surface area (Å²) >= 11 is 0. The molecule has 1 unspecified atom stereocenters. The second-order valence-electron chi connectivity index (χ2n) is 9.61. The number of hydrogen-bond acceptors (Lipinski definition) is 5. The third kappa shape index (κ3) is 5.31. The molecule has 35 heavy (non-hydrogen) atoms. The highest BCUT2D eigenvalue weighted by Crippen LogP contribution is 2.38. The molecule has 1 saturated heterocycles. The maximum absolute atomic E-state index is 14.0. The summed E-state index contributed by atoms with van der Waals surface area (Å²) in [4.78, 5) is 12.6. The number of hydrogen-bond donors (Lipinski definition) is 0. The molecule has 2 heterocycles. The van der Waals surface area contributed by atoms with Gasteiger partial charge in [0.25, 0.3) is 10.0 Å². The van der Waals surface area contributed by atoms with E-state index in [4.69, 9.17) is 9.47 Å². The van der Waals surface area contributed by atoms with E-state index in [1.165, 1.54) is 13.0 Å². The number of benzene rings is 2. The highest BCUT2D eigenvalue weighted by atomic mass is 32.2. The van der Waals surface area contributed by atoms with Crippen LogP contribution in [0.5, 0.6) is 5.75 Å². The van der Waals surface area contributed by atoms with Crippen molar-refractivity contribution in [2.24, 2.45) is 5.92 Å². The summed E-state index contributed by atoms with van der Waals surface area (Å²) in [6.07, 6.45) is 4.10. The van der Waals surface area contributed by atoms with E-state index in [1.54, 1.807) is 16.4 Å². The van der Waals surface area contributed by atoms with Crippen LogP contribution >= 0.6 is 0 Å². The zero-order valence-electron chi connectivity index (χ0n) is 20.9. The monoisotopic (exact) mass is 497 g/mol. The molecule has 2 aromatic carbocycles. The topological polar surface area (TPSA) is 72.9 Å². The van der Waals surface area contributed by atoms with Crippen molar-refractivity contribution in [3.63, 3.8) is 0 Å². The molecular formula is C28H35NO5S. The number of carbonyl (C=O) groups is 1. The summed E-state index contributed by atoms with van der Waals surface area (Å²) in [5.41, 5.74) is 3.96. The van der Waals surface area contributed by atoms with Gasteiger partial charge in [-0.25, -0.2) is 8.42 Å². The van der Waals surface area contributed by atoms with Crippen LogP contribution in [0, 0.1) is 5.92 Å². The van der Waals surface area contributed by atoms with Crippen molar-refractivity contribution in [2.75, 3.05) is 24.1 Å². The van der Waals surface area contributed by atoms with Crippen LogP contribution in [0.4, 0.5) is 5.69 Å². The van der Waals surface area contributed by atoms with E-state index in [1.807, 2.05) is 32.0 Å². The lowest BCUT2D eigenvalue weighted by Crippen LogP contribution is -2.43. The number of rotatable bonds is 8. The Bertz CT molecular complexity index is 1210. The lowest BCUT2D eigenvalue weighted by Gasteiger charge is -2.37. The number of sulfonamides is 1. The number of fused-ring (bicyclic) bond motifs is 1. The number of nitrogens with zero attached hydrogens (tertiary/aromatic N) is 1. The Morgan fingerprint density at radius 2 is 1.86 bits per heavy atom. The van der Waals surface area contributed by atoms with Crippen LogP contribution in [0.1, 0.15) is 67.9 Å². The lowest BCUT2D eigenvalue weighted by atomic mass is 9.94. The van der Waals surface area contributed by atoms with Crippen LogP contribution in [-0.4, -0.2) is 40.1 Å². The molecule has 0 amide bonds. The van der Waals surface area contributed by atoms with Crippen molar-refractivity contribution in [2.45, 2.75) is 63.8 Å². The zero-order valence-corrected chi connectivity index (χ0v) is 21.7. The van der Waals surface area contributed by atoms with Gasteiger partial charge in [-0.2, -0.15) is 0 Å². The van der Waals surface area contributed by atoms with E-state index in [-0.39, 0.29) is 16.7 Å². The normalized spacial score (nSPS) is 18.7. The Labute approximate surface area is 209 Å². The number of ether oxygens (including phenoxy) is 2. The molecule has 2 aliphatic rings. The van der Waals surface area contributed by atoms with Crippen LogP contribution in [0.3, 0.4) is 0 Å². The fraction of sp³-hybridized carbons (Fsp3) is 0.464. The van der Waals surface area contributed by atoms with Gasteiger partial charge in [0, 0.05) is 19.3 Å². The maximum Gasteiger partial charge on any atom is 0.264 e. The van der Waals surface area contributed by atoms with Crippen LogP contribution in [0.25, 0.3) is 5.57 Å². The molecule has 0 aromatic heterocycles. The first-order valence-electron chi connectivity index (χ1n) is 12.4. The van der Waals surface area contributed by atoms with Crippen LogP contribution in [-0.2, 0) is 21.2 Å². The molecule has 2 aliphatic heterocycles. The van der Waals surface area contributed by atoms with Gasteiger partial charge in [0.15, 0.2) is 5.78 Å². The van der Waals surface area contributed by atoms with Crippen molar-refractivity contribution in [1.82, 2.24) is 0 Å². The molecule has 0 radical (unpaired) electrons. The summed E-state index contributed by atoms with van der Waals surface area (Å²) < 4.78 is 40.9. The van der Waals surface area contributed by atoms with Crippen molar-refractivity contribution >= 4 is 27.1 Å². The van der Waals surface area contributed by atoms with Gasteiger partial charge in [-0.05, 0) is 93.3 Å². The zero-order chi connectivity index (χ0) is 25.2. The lowest BCUT2D eigenvalue weighted by molar-refractivity contribution is 0.0495. The number of anilines is 1. The first-order chi connectivity index (χ1) is 16.7. The average molecular weight is 498 g/mol. The Morgan fingerprint density at radius 1 is 1.11 bits per heavy atom. The fourth-order valence-electron chi connectivity index (χ4n) is 4.90. The molecule has 0 N–H and O–H groups in total. The predicted molar refractivity (Wildman–Crippen MR) is 139 cm³/mol. The van der Waals surface area contributed by atoms with Gasteiger partial charge >= 0.3 is 0 Å². The van der Waals surface area contributed by atoms with Crippen LogP contribution in [0.15, 0.2) is 47.9 Å². The number of Topliss-reactive ketones (excluding diaryl/α,β-unsaturated/α-hetero) is 1. The van der Waals surface area contributed by atoms with Crippen molar-refractivity contribution in [3.8, 4) is 5.75 Å². The number of carbonyl (C=O) groups excluding carboxylic acids is 1. The van der Waals surface area contributed by atoms with E-state index in [2.05, 4.69) is 6.58 Å². The molecule has 188 valence electrons. The van der Waals surface area contributed by atoms with Crippen molar-refractivity contribution in [3.05, 3.63) is 59.7 Å². The minimum Gasteiger partial charge on any atom is -0.493 e. The third-order valence-corrected chi connectivity index (χ3v) is 8.92. The molecule has 0 saturated carbocycles. The molecule has 1 fully saturated rings. The molecule has 0 aliphatic carbocycles. The summed E-state index contributed by atoms with van der Waals surface area (Å²) in [5.74, 6) is 0.576. The van der Waals surface area contributed by atoms with Gasteiger partial charge < -0.3 is 9.47 Å². The van der Waals surface area contributed by atoms with Gasteiger partial charge in [0.05, 0.1) is 22.8 Å². The summed E-state index contributed by atoms with van der Waals surface area (Å²) in [5, 5.41) is 0. The molecule has 0 spiro atoms. The molecule has 1 atom stereocenters. The minimum atomic E-state index is -3.89. The molecule has 0 bridgehead atoms. The Balaban J connectivity index is 1.68. The van der Waals surface area contributed by atoms with Gasteiger partial charge in [-0.1, -0.05) is 25.1 Å². The van der Waals surface area contributed by atoms with E-state index < -0.39 is 10.0 Å². The first-order valence-corrected chi connectivity index (χ1v) is 13.8. The largest absolute Gasteiger partial charge is 0.493 e. The van der Waals surface area contributed by atoms with Crippen LogP contribution in [0.2, 0.25) is 0 Å². The number of aryl methyl sites for hydroxylation is 1. The summed E-state index contributed by atoms with van der Waals surface area (Å²) in [6, 6.07) is 10.4. The van der Waals surface area contributed by atoms with Crippen LogP contribution < -0.4 is 9.04 Å². The summed E-state index contributed by atoms with van der Waals surface area (Å²) in [6.45, 7) is 11.3. The Kier molecular flexibility index (Phi) is 7.67. The van der Waals surface area contributed by atoms with E-state index in [0.717, 1.165) is 42.4 Å². The van der Waals surface area contributed by atoms with Gasteiger partial charge in [-0.15, -0.1) is 0 Å². The molecular weight excluding hydrogens is 462 g/mol. The SMILES string of the molecule is C=C(C)c1ccc2c(c1)CCC(CC)N2S(=O)(=O)c1ccc(OCC2CCOCC2)c(C(C)=O)c1. The minimum absolute atomic E-state index is 0.108. The van der Waals surface area contributed by atoms with Gasteiger partial charge in [0.1, 0.15) is 5.75 Å². The predicted octanol–water partition coefficient (Wildman–Crippen LogP) is 5.65. The Morgan fingerprint density at radius 3 is 2.51 bits per heavy atom. The average Bonchev–Trinajstić information content (AvgIpc) is 2.86. The highest BCUT2D eigenvalue weighted by molar-refractivity contribution is 7.92. The van der Waals surface area contributed by atoms with E-state index in [9.17, 15) is 13.2 Å². The molecule has 4 rings (SSSR count). The van der Waals surface area contributed by atoms with Crippen molar-refractivity contribution in [1.29, 1.82) is 0 Å². The number of ketones is 1. The smallest absolute Gasteiger partial charge is 0.264 e. The van der Waals surface area contributed by atoms with Gasteiger partial charge in [0.2, 0.25) is 0 Å². The summed E-state index contributed by atoms with van der Waals surface area (Å²) in [7, 11) is -3.89. The second kappa shape index (κ2) is 10.5. The standard InChI is InChI=1S/C28H35NO5S/c1-5-24-8-6-23-16-22(19(2)3)7-10-27(23)29(24)35(31,32)25-9-11-28(26(17-25)20(4)30)34-18-21-12-14-33-15-13-21/h7,9-11,16-17,21,24H,2,5-6,8,12-15,18H2,1,3-4H3. The van der Waals surface area contributed by atoms with E-state index in [0.29, 0.717) is 49.2 Å². The highest BCUT2D eigenvalue weighted by Gasteiger charge is 2.36. The third-order valence-electron chi connectivity index (χ3n) is 7.06. The fourth-order valence-corrected chi connectivity index (χ4v) is 6.72. The molecule has 7 heteroatoms. The van der Waals surface area contributed by atoms with E-state index >= 15 is 0 Å². The first kappa shape index (κ1) is 25.5. The molecule has 2 aromatic rings. The molecule has 6 nitrogen and oxygen atoms in total. The maximum atomic E-state index is 14.0. The second-order valence-corrected chi connectivity index (χ2v) is 11.4.